The molecule has 0 heterocycles. The van der Waals surface area contributed by atoms with Crippen LogP contribution in [0.25, 0.3) is 0 Å². The number of unbranched alkanes of at least 4 members (excludes halogenated alkanes) is 4. The molecular formula is C16H32Cl4O4Ti. The monoisotopic (exact) mass is 476 g/mol. The second kappa shape index (κ2) is 50.1. The third-order valence-electron chi connectivity index (χ3n) is 2.11. The van der Waals surface area contributed by atoms with Crippen LogP contribution in [0.3, 0.4) is 0 Å². The minimum atomic E-state index is 0. The van der Waals surface area contributed by atoms with Gasteiger partial charge in [0.25, 0.3) is 0 Å². The van der Waals surface area contributed by atoms with Gasteiger partial charge in [-0.3, -0.25) is 0 Å². The largest absolute Gasteiger partial charge is 4.00 e. The van der Waals surface area contributed by atoms with Crippen molar-refractivity contribution in [1.29, 1.82) is 0 Å². The molecule has 0 N–H and O–H groups in total. The van der Waals surface area contributed by atoms with E-state index in [0.717, 1.165) is 51.4 Å². The van der Waals surface area contributed by atoms with Crippen molar-refractivity contribution in [3.63, 3.8) is 0 Å². The Balaban J connectivity index is -0.0000000702. The Morgan fingerprint density at radius 2 is 0.520 bits per heavy atom. The summed E-state index contributed by atoms with van der Waals surface area (Å²) in [6, 6.07) is 0. The number of hydrogen-bond donors (Lipinski definition) is 0. The summed E-state index contributed by atoms with van der Waals surface area (Å²) < 4.78 is 0. The van der Waals surface area contributed by atoms with Crippen LogP contribution in [0, 0.1) is 0 Å². The van der Waals surface area contributed by atoms with Gasteiger partial charge in [-0.25, -0.2) is 0 Å². The molecule has 25 heavy (non-hydrogen) atoms. The van der Waals surface area contributed by atoms with Crippen molar-refractivity contribution in [2.24, 2.45) is 0 Å². The van der Waals surface area contributed by atoms with Crippen LogP contribution in [0.2, 0.25) is 0 Å². The van der Waals surface area contributed by atoms with Crippen molar-refractivity contribution >= 4 is 46.4 Å². The number of halogens is 4. The number of rotatable bonds is 12. The molecule has 9 heteroatoms. The van der Waals surface area contributed by atoms with Crippen molar-refractivity contribution in [1.82, 2.24) is 0 Å². The van der Waals surface area contributed by atoms with Crippen molar-refractivity contribution < 1.29 is 42.1 Å². The fourth-order valence-electron chi connectivity index (χ4n) is 0.786. The summed E-state index contributed by atoms with van der Waals surface area (Å²) in [6.45, 7) is 0.0822. The minimum Gasteiger partial charge on any atom is -0.854 e. The second-order valence-electron chi connectivity index (χ2n) is 4.40. The van der Waals surface area contributed by atoms with Crippen LogP contribution in [0.5, 0.6) is 0 Å². The Bertz CT molecular complexity index is 116. The Kier molecular flexibility index (Phi) is 75.0. The predicted octanol–water partition coefficient (Wildman–Crippen LogP) is 1.46. The van der Waals surface area contributed by atoms with Crippen molar-refractivity contribution in [3.8, 4) is 0 Å². The quantitative estimate of drug-likeness (QED) is 0.241. The predicted molar refractivity (Wildman–Crippen MR) is 99.3 cm³/mol. The summed E-state index contributed by atoms with van der Waals surface area (Å²) in [4.78, 5) is 0. The van der Waals surface area contributed by atoms with Gasteiger partial charge in [0, 0.05) is 23.5 Å². The van der Waals surface area contributed by atoms with Crippen LogP contribution < -0.4 is 20.4 Å². The molecule has 0 saturated heterocycles. The van der Waals surface area contributed by atoms with Gasteiger partial charge in [-0.15, -0.1) is 72.8 Å². The molecule has 0 aliphatic heterocycles. The normalized spacial score (nSPS) is 8.64. The summed E-state index contributed by atoms with van der Waals surface area (Å²) in [7, 11) is 0. The molecule has 0 atom stereocenters. The maximum absolute atomic E-state index is 9.63. The molecule has 0 radical (unpaired) electrons. The molecular weight excluding hydrogens is 446 g/mol. The third kappa shape index (κ3) is 76.9. The van der Waals surface area contributed by atoms with Crippen molar-refractivity contribution in [3.05, 3.63) is 0 Å². The molecule has 0 aromatic carbocycles. The molecule has 0 bridgehead atoms. The van der Waals surface area contributed by atoms with Crippen LogP contribution in [0.4, 0.5) is 0 Å². The first-order valence-electron chi connectivity index (χ1n) is 8.22. The molecule has 0 fully saturated rings. The molecule has 152 valence electrons. The Labute approximate surface area is 189 Å². The molecule has 0 aromatic heterocycles. The van der Waals surface area contributed by atoms with Crippen molar-refractivity contribution in [2.75, 3.05) is 49.9 Å². The standard InChI is InChI=1S/4C4H8ClO.Ti/c4*5-3-1-2-4-6;/h4*1-4H2;/q4*-1;+4. The van der Waals surface area contributed by atoms with Crippen molar-refractivity contribution in [2.45, 2.75) is 51.4 Å². The summed E-state index contributed by atoms with van der Waals surface area (Å²) in [6.07, 6.45) is 6.37. The van der Waals surface area contributed by atoms with Crippen LogP contribution in [-0.2, 0) is 21.7 Å². The van der Waals surface area contributed by atoms with E-state index in [1.165, 1.54) is 0 Å². The van der Waals surface area contributed by atoms with E-state index in [4.69, 9.17) is 46.4 Å². The summed E-state index contributed by atoms with van der Waals surface area (Å²) in [5, 5.41) is 38.5. The van der Waals surface area contributed by atoms with E-state index in [2.05, 4.69) is 0 Å². The second-order valence-corrected chi connectivity index (χ2v) is 5.91. The maximum atomic E-state index is 9.63. The van der Waals surface area contributed by atoms with E-state index < -0.39 is 0 Å². The molecule has 0 aliphatic rings. The van der Waals surface area contributed by atoms with E-state index in [9.17, 15) is 20.4 Å². The molecule has 0 aliphatic carbocycles. The summed E-state index contributed by atoms with van der Waals surface area (Å²) >= 11 is 21.0. The average molecular weight is 478 g/mol. The number of hydrogen-bond acceptors (Lipinski definition) is 4. The molecule has 0 aromatic rings. The average Bonchev–Trinajstić information content (AvgIpc) is 2.62. The number of alkyl halides is 4. The molecule has 0 spiro atoms. The molecule has 0 rings (SSSR count). The van der Waals surface area contributed by atoms with Gasteiger partial charge in [0.05, 0.1) is 0 Å². The van der Waals surface area contributed by atoms with Crippen LogP contribution in [0.1, 0.15) is 51.4 Å². The van der Waals surface area contributed by atoms with Crippen LogP contribution >= 0.6 is 46.4 Å². The van der Waals surface area contributed by atoms with E-state index in [1.807, 2.05) is 0 Å². The van der Waals surface area contributed by atoms with E-state index >= 15 is 0 Å². The zero-order valence-corrected chi connectivity index (χ0v) is 19.5. The topological polar surface area (TPSA) is 92.2 Å². The molecule has 0 amide bonds. The first kappa shape index (κ1) is 37.5. The Morgan fingerprint density at radius 1 is 0.360 bits per heavy atom. The van der Waals surface area contributed by atoms with Gasteiger partial charge in [0.1, 0.15) is 0 Å². The van der Waals surface area contributed by atoms with E-state index in [1.54, 1.807) is 0 Å². The Hall–Kier alpha value is 1.71. The van der Waals surface area contributed by atoms with E-state index in [-0.39, 0.29) is 48.1 Å². The SMILES string of the molecule is [O-]CCCCCl.[O-]CCCCCl.[O-]CCCCCl.[O-]CCCCCl.[Ti+4]. The Morgan fingerprint density at radius 3 is 0.560 bits per heavy atom. The minimum absolute atomic E-state index is 0. The molecule has 4 nitrogen and oxygen atoms in total. The van der Waals surface area contributed by atoms with E-state index in [0.29, 0.717) is 23.5 Å². The first-order valence-corrected chi connectivity index (χ1v) is 10.4. The smallest absolute Gasteiger partial charge is 0.854 e. The maximum Gasteiger partial charge on any atom is 4.00 e. The van der Waals surface area contributed by atoms with Gasteiger partial charge < -0.3 is 20.4 Å². The zero-order chi connectivity index (χ0) is 19.3. The third-order valence-corrected chi connectivity index (χ3v) is 3.18. The van der Waals surface area contributed by atoms with Gasteiger partial charge in [-0.1, -0.05) is 25.7 Å². The van der Waals surface area contributed by atoms with Gasteiger partial charge in [0.2, 0.25) is 0 Å². The molecule has 0 saturated carbocycles. The van der Waals surface area contributed by atoms with Gasteiger partial charge >= 0.3 is 21.7 Å². The first-order chi connectivity index (χ1) is 11.7. The summed E-state index contributed by atoms with van der Waals surface area (Å²) in [5.41, 5.74) is 0. The fourth-order valence-corrected chi connectivity index (χ4v) is 1.54. The zero-order valence-electron chi connectivity index (χ0n) is 15.0. The van der Waals surface area contributed by atoms with Gasteiger partial charge in [-0.2, -0.15) is 0 Å². The fraction of sp³-hybridized carbons (Fsp3) is 1.00. The molecule has 0 unspecified atom stereocenters. The van der Waals surface area contributed by atoms with Crippen LogP contribution in [-0.4, -0.2) is 49.9 Å². The van der Waals surface area contributed by atoms with Crippen LogP contribution in [0.15, 0.2) is 0 Å². The van der Waals surface area contributed by atoms with Gasteiger partial charge in [0.15, 0.2) is 0 Å². The van der Waals surface area contributed by atoms with Gasteiger partial charge in [-0.05, 0) is 25.7 Å². The summed E-state index contributed by atoms with van der Waals surface area (Å²) in [5.74, 6) is 2.51.